The topological polar surface area (TPSA) is 61.4 Å². The zero-order chi connectivity index (χ0) is 13.4. The van der Waals surface area contributed by atoms with Crippen molar-refractivity contribution in [2.24, 2.45) is 0 Å². The molecule has 0 spiro atoms. The standard InChI is InChI=1S/C12H25N3O2/c1-6-15(5)12(17)10(4)13-8-7-11(16)14-9(2)3/h9-10,13H,6-8H2,1-5H3,(H,14,16). The zero-order valence-corrected chi connectivity index (χ0v) is 11.5. The summed E-state index contributed by atoms with van der Waals surface area (Å²) in [5.41, 5.74) is 0. The van der Waals surface area contributed by atoms with Gasteiger partial charge in [0.2, 0.25) is 11.8 Å². The molecule has 0 saturated carbocycles. The Morgan fingerprint density at radius 3 is 2.29 bits per heavy atom. The number of carbonyl (C=O) groups is 2. The molecule has 1 atom stereocenters. The van der Waals surface area contributed by atoms with Gasteiger partial charge in [0, 0.05) is 32.6 Å². The molecule has 0 aliphatic carbocycles. The second kappa shape index (κ2) is 8.06. The van der Waals surface area contributed by atoms with E-state index < -0.39 is 0 Å². The molecular formula is C12H25N3O2. The molecule has 0 radical (unpaired) electrons. The van der Waals surface area contributed by atoms with Gasteiger partial charge >= 0.3 is 0 Å². The number of nitrogens with one attached hydrogen (secondary N) is 2. The molecule has 0 saturated heterocycles. The van der Waals surface area contributed by atoms with E-state index in [0.717, 1.165) is 0 Å². The third-order valence-electron chi connectivity index (χ3n) is 2.47. The third kappa shape index (κ3) is 6.94. The van der Waals surface area contributed by atoms with Crippen molar-refractivity contribution in [3.05, 3.63) is 0 Å². The zero-order valence-electron chi connectivity index (χ0n) is 11.5. The van der Waals surface area contributed by atoms with Crippen LogP contribution in [0.1, 0.15) is 34.1 Å². The van der Waals surface area contributed by atoms with Crippen LogP contribution in [-0.4, -0.2) is 48.9 Å². The van der Waals surface area contributed by atoms with Crippen molar-refractivity contribution in [1.29, 1.82) is 0 Å². The van der Waals surface area contributed by atoms with Gasteiger partial charge in [-0.2, -0.15) is 0 Å². The second-order valence-electron chi connectivity index (χ2n) is 4.50. The molecule has 0 aromatic heterocycles. The van der Waals surface area contributed by atoms with Gasteiger partial charge in [0.1, 0.15) is 0 Å². The molecule has 0 aromatic carbocycles. The molecule has 0 rings (SSSR count). The fourth-order valence-electron chi connectivity index (χ4n) is 1.37. The van der Waals surface area contributed by atoms with Crippen molar-refractivity contribution in [3.8, 4) is 0 Å². The smallest absolute Gasteiger partial charge is 0.239 e. The van der Waals surface area contributed by atoms with Gasteiger partial charge in [-0.05, 0) is 27.7 Å². The van der Waals surface area contributed by atoms with E-state index in [-0.39, 0.29) is 23.9 Å². The van der Waals surface area contributed by atoms with E-state index in [4.69, 9.17) is 0 Å². The van der Waals surface area contributed by atoms with E-state index in [1.165, 1.54) is 0 Å². The fraction of sp³-hybridized carbons (Fsp3) is 0.833. The average molecular weight is 243 g/mol. The van der Waals surface area contributed by atoms with Crippen LogP contribution in [0.3, 0.4) is 0 Å². The van der Waals surface area contributed by atoms with E-state index >= 15 is 0 Å². The maximum atomic E-state index is 11.7. The molecule has 5 nitrogen and oxygen atoms in total. The van der Waals surface area contributed by atoms with Crippen LogP contribution in [0.2, 0.25) is 0 Å². The lowest BCUT2D eigenvalue weighted by molar-refractivity contribution is -0.131. The first-order chi connectivity index (χ1) is 7.88. The molecule has 2 N–H and O–H groups in total. The van der Waals surface area contributed by atoms with Crippen molar-refractivity contribution in [3.63, 3.8) is 0 Å². The van der Waals surface area contributed by atoms with Crippen molar-refractivity contribution in [2.75, 3.05) is 20.1 Å². The number of hydrogen-bond donors (Lipinski definition) is 2. The fourth-order valence-corrected chi connectivity index (χ4v) is 1.37. The minimum atomic E-state index is -0.244. The van der Waals surface area contributed by atoms with Gasteiger partial charge in [-0.3, -0.25) is 9.59 Å². The summed E-state index contributed by atoms with van der Waals surface area (Å²) >= 11 is 0. The van der Waals surface area contributed by atoms with Gasteiger partial charge in [-0.1, -0.05) is 0 Å². The van der Waals surface area contributed by atoms with Crippen molar-refractivity contribution in [2.45, 2.75) is 46.2 Å². The molecule has 5 heteroatoms. The Bertz CT molecular complexity index is 254. The van der Waals surface area contributed by atoms with E-state index in [0.29, 0.717) is 19.5 Å². The van der Waals surface area contributed by atoms with Gasteiger partial charge < -0.3 is 15.5 Å². The van der Waals surface area contributed by atoms with Crippen molar-refractivity contribution >= 4 is 11.8 Å². The lowest BCUT2D eigenvalue weighted by atomic mass is 10.2. The molecule has 0 aliphatic heterocycles. The first-order valence-electron chi connectivity index (χ1n) is 6.16. The second-order valence-corrected chi connectivity index (χ2v) is 4.50. The van der Waals surface area contributed by atoms with Crippen LogP contribution in [0.15, 0.2) is 0 Å². The molecule has 2 amide bonds. The summed E-state index contributed by atoms with van der Waals surface area (Å²) in [5, 5.41) is 5.86. The molecule has 0 aromatic rings. The number of likely N-dealkylation sites (N-methyl/N-ethyl adjacent to an activating group) is 1. The summed E-state index contributed by atoms with van der Waals surface area (Å²) in [6.07, 6.45) is 0.394. The molecule has 0 bridgehead atoms. The van der Waals surface area contributed by atoms with Crippen molar-refractivity contribution < 1.29 is 9.59 Å². The molecule has 0 aliphatic rings. The maximum Gasteiger partial charge on any atom is 0.239 e. The van der Waals surface area contributed by atoms with E-state index in [9.17, 15) is 9.59 Å². The van der Waals surface area contributed by atoms with E-state index in [2.05, 4.69) is 10.6 Å². The number of carbonyl (C=O) groups excluding carboxylic acids is 2. The molecule has 0 fully saturated rings. The molecule has 100 valence electrons. The highest BCUT2D eigenvalue weighted by molar-refractivity contribution is 5.81. The SMILES string of the molecule is CCN(C)C(=O)C(C)NCCC(=O)NC(C)C. The van der Waals surface area contributed by atoms with Crippen LogP contribution in [0.5, 0.6) is 0 Å². The summed E-state index contributed by atoms with van der Waals surface area (Å²) in [4.78, 5) is 24.7. The summed E-state index contributed by atoms with van der Waals surface area (Å²) in [7, 11) is 1.77. The maximum absolute atomic E-state index is 11.7. The summed E-state index contributed by atoms with van der Waals surface area (Å²) in [6.45, 7) is 8.80. The Morgan fingerprint density at radius 2 is 1.82 bits per heavy atom. The largest absolute Gasteiger partial charge is 0.354 e. The minimum absolute atomic E-state index is 0.0102. The lowest BCUT2D eigenvalue weighted by Gasteiger charge is -2.20. The van der Waals surface area contributed by atoms with Gasteiger partial charge in [0.05, 0.1) is 6.04 Å². The van der Waals surface area contributed by atoms with Gasteiger partial charge in [0.15, 0.2) is 0 Å². The molecule has 17 heavy (non-hydrogen) atoms. The van der Waals surface area contributed by atoms with Crippen molar-refractivity contribution in [1.82, 2.24) is 15.5 Å². The van der Waals surface area contributed by atoms with Gasteiger partial charge in [-0.15, -0.1) is 0 Å². The lowest BCUT2D eigenvalue weighted by Crippen LogP contribution is -2.44. The van der Waals surface area contributed by atoms with Crippen LogP contribution in [0.4, 0.5) is 0 Å². The van der Waals surface area contributed by atoms with Gasteiger partial charge in [-0.25, -0.2) is 0 Å². The predicted molar refractivity (Wildman–Crippen MR) is 68.7 cm³/mol. The number of rotatable bonds is 7. The Labute approximate surface area is 104 Å². The van der Waals surface area contributed by atoms with E-state index in [1.54, 1.807) is 11.9 Å². The third-order valence-corrected chi connectivity index (χ3v) is 2.47. The highest BCUT2D eigenvalue weighted by Crippen LogP contribution is 1.92. The first kappa shape index (κ1) is 15.9. The summed E-state index contributed by atoms with van der Waals surface area (Å²) in [5.74, 6) is 0.0627. The van der Waals surface area contributed by atoms with Crippen LogP contribution < -0.4 is 10.6 Å². The summed E-state index contributed by atoms with van der Waals surface area (Å²) < 4.78 is 0. The molecule has 1 unspecified atom stereocenters. The Kier molecular flexibility index (Phi) is 7.54. The normalized spacial score (nSPS) is 12.4. The monoisotopic (exact) mass is 243 g/mol. The van der Waals surface area contributed by atoms with Crippen LogP contribution in [-0.2, 0) is 9.59 Å². The van der Waals surface area contributed by atoms with E-state index in [1.807, 2.05) is 27.7 Å². The Balaban J connectivity index is 3.81. The number of amides is 2. The average Bonchev–Trinajstić information content (AvgIpc) is 2.25. The predicted octanol–water partition coefficient (Wildman–Crippen LogP) is 0.358. The highest BCUT2D eigenvalue weighted by Gasteiger charge is 2.15. The van der Waals surface area contributed by atoms with Crippen LogP contribution >= 0.6 is 0 Å². The quantitative estimate of drug-likeness (QED) is 0.678. The first-order valence-corrected chi connectivity index (χ1v) is 6.16. The molecular weight excluding hydrogens is 218 g/mol. The molecule has 0 heterocycles. The Morgan fingerprint density at radius 1 is 1.24 bits per heavy atom. The Hall–Kier alpha value is -1.10. The van der Waals surface area contributed by atoms with Crippen LogP contribution in [0.25, 0.3) is 0 Å². The van der Waals surface area contributed by atoms with Crippen LogP contribution in [0, 0.1) is 0 Å². The highest BCUT2D eigenvalue weighted by atomic mass is 16.2. The van der Waals surface area contributed by atoms with Gasteiger partial charge in [0.25, 0.3) is 0 Å². The number of nitrogens with zero attached hydrogens (tertiary/aromatic N) is 1. The summed E-state index contributed by atoms with van der Waals surface area (Å²) in [6, 6.07) is -0.0837. The number of hydrogen-bond acceptors (Lipinski definition) is 3. The minimum Gasteiger partial charge on any atom is -0.354 e.